The third kappa shape index (κ3) is 3.72. The first kappa shape index (κ1) is 20.8. The number of amides is 1. The second-order valence-corrected chi connectivity index (χ2v) is 7.98. The number of carbonyl (C=O) groups excluding carboxylic acids is 1. The number of hydrogen-bond donors (Lipinski definition) is 3. The number of carbonyl (C=O) groups is 1. The Hall–Kier alpha value is -3.45. The Morgan fingerprint density at radius 1 is 1.23 bits per heavy atom. The maximum Gasteiger partial charge on any atom is 0.246 e. The van der Waals surface area contributed by atoms with Crippen LogP contribution in [0.5, 0.6) is 0 Å². The number of nitrogen functional groups attached to an aromatic ring is 1. The number of piperazine rings is 1. The van der Waals surface area contributed by atoms with Crippen LogP contribution >= 0.6 is 11.6 Å². The lowest BCUT2D eigenvalue weighted by Crippen LogP contribution is -2.47. The number of nitrogens with one attached hydrogen (secondary N) is 1. The highest BCUT2D eigenvalue weighted by molar-refractivity contribution is 6.34. The maximum absolute atomic E-state index is 11.9. The number of rotatable bonds is 4. The van der Waals surface area contributed by atoms with Crippen LogP contribution in [0.4, 0.5) is 5.69 Å². The molecule has 1 fully saturated rings. The summed E-state index contributed by atoms with van der Waals surface area (Å²) >= 11 is 6.76. The van der Waals surface area contributed by atoms with Gasteiger partial charge in [0, 0.05) is 59.6 Å². The number of aryl methyl sites for hydroxylation is 1. The summed E-state index contributed by atoms with van der Waals surface area (Å²) in [5.74, 6) is -0.0615. The number of aromatic nitrogens is 2. The Bertz CT molecular complexity index is 1190. The summed E-state index contributed by atoms with van der Waals surface area (Å²) in [6, 6.07) is 7.79. The molecule has 1 aliphatic rings. The average molecular weight is 437 g/mol. The van der Waals surface area contributed by atoms with Gasteiger partial charge in [-0.1, -0.05) is 24.2 Å². The molecule has 0 saturated carbocycles. The zero-order chi connectivity index (χ0) is 22.1. The van der Waals surface area contributed by atoms with Gasteiger partial charge < -0.3 is 21.3 Å². The van der Waals surface area contributed by atoms with Crippen molar-refractivity contribution in [2.75, 3.05) is 31.9 Å². The summed E-state index contributed by atoms with van der Waals surface area (Å²) in [6.45, 7) is 8.08. The maximum atomic E-state index is 11.9. The van der Waals surface area contributed by atoms with Gasteiger partial charge in [0.1, 0.15) is 0 Å². The molecular weight excluding hydrogens is 412 g/mol. The number of halogens is 1. The van der Waals surface area contributed by atoms with Crippen molar-refractivity contribution in [3.8, 4) is 11.1 Å². The molecule has 7 nitrogen and oxygen atoms in total. The second-order valence-electron chi connectivity index (χ2n) is 7.58. The smallest absolute Gasteiger partial charge is 0.246 e. The van der Waals surface area contributed by atoms with E-state index in [1.807, 2.05) is 31.2 Å². The molecule has 31 heavy (non-hydrogen) atoms. The Morgan fingerprint density at radius 2 is 1.94 bits per heavy atom. The number of aromatic amines is 1. The first-order chi connectivity index (χ1) is 14.9. The molecule has 1 aromatic heterocycles. The first-order valence-corrected chi connectivity index (χ1v) is 10.4. The van der Waals surface area contributed by atoms with Crippen LogP contribution in [0.1, 0.15) is 11.1 Å². The van der Waals surface area contributed by atoms with Crippen molar-refractivity contribution in [1.29, 1.82) is 0 Å². The van der Waals surface area contributed by atoms with Crippen LogP contribution in [-0.2, 0) is 4.79 Å². The Kier molecular flexibility index (Phi) is 5.61. The van der Waals surface area contributed by atoms with Gasteiger partial charge in [-0.3, -0.25) is 9.89 Å². The van der Waals surface area contributed by atoms with Crippen LogP contribution < -0.4 is 11.5 Å². The van der Waals surface area contributed by atoms with Gasteiger partial charge in [-0.2, -0.15) is 5.10 Å². The van der Waals surface area contributed by atoms with Crippen LogP contribution in [0, 0.1) is 6.92 Å². The minimum atomic E-state index is -0.0615. The lowest BCUT2D eigenvalue weighted by molar-refractivity contribution is -0.127. The standard InChI is InChI=1S/C23H25ClN6O/c1-3-22(31)30-8-6-29(7-9-30)21(12-25)16-10-18(24)15(11-19(16)26)23-14(2)4-5-20-17(23)13-27-28-20/h3-5,10-13H,1,6-9,25-26H2,2H3,(H,27,28)/b21-12+. The molecule has 0 atom stereocenters. The highest BCUT2D eigenvalue weighted by Crippen LogP contribution is 2.39. The fourth-order valence-electron chi connectivity index (χ4n) is 4.15. The summed E-state index contributed by atoms with van der Waals surface area (Å²) in [5.41, 5.74) is 18.5. The van der Waals surface area contributed by atoms with Gasteiger partial charge in [-0.15, -0.1) is 0 Å². The van der Waals surface area contributed by atoms with Gasteiger partial charge in [0.25, 0.3) is 0 Å². The van der Waals surface area contributed by atoms with E-state index in [1.54, 1.807) is 17.3 Å². The highest BCUT2D eigenvalue weighted by atomic mass is 35.5. The number of nitrogens with zero attached hydrogens (tertiary/aromatic N) is 3. The van der Waals surface area contributed by atoms with E-state index in [-0.39, 0.29) is 5.91 Å². The predicted octanol–water partition coefficient (Wildman–Crippen LogP) is 3.36. The predicted molar refractivity (Wildman–Crippen MR) is 126 cm³/mol. The van der Waals surface area contributed by atoms with Gasteiger partial charge in [0.15, 0.2) is 0 Å². The molecule has 0 bridgehead atoms. The number of anilines is 1. The zero-order valence-electron chi connectivity index (χ0n) is 17.4. The quantitative estimate of drug-likeness (QED) is 0.429. The molecule has 1 aliphatic heterocycles. The lowest BCUT2D eigenvalue weighted by atomic mass is 9.94. The molecule has 0 aliphatic carbocycles. The van der Waals surface area contributed by atoms with Crippen LogP contribution in [-0.4, -0.2) is 52.1 Å². The molecule has 160 valence electrons. The number of H-pyrrole nitrogens is 1. The van der Waals surface area contributed by atoms with Crippen LogP contribution in [0.3, 0.4) is 0 Å². The van der Waals surface area contributed by atoms with E-state index in [4.69, 9.17) is 23.1 Å². The average Bonchev–Trinajstić information content (AvgIpc) is 3.25. The van der Waals surface area contributed by atoms with E-state index in [9.17, 15) is 4.79 Å². The molecular formula is C23H25ClN6O. The molecule has 8 heteroatoms. The van der Waals surface area contributed by atoms with E-state index in [1.165, 1.54) is 6.08 Å². The molecule has 2 heterocycles. The fraction of sp³-hybridized carbons (Fsp3) is 0.217. The molecule has 4 rings (SSSR count). The third-order valence-electron chi connectivity index (χ3n) is 5.78. The summed E-state index contributed by atoms with van der Waals surface area (Å²) in [6.07, 6.45) is 4.69. The van der Waals surface area contributed by atoms with Crippen LogP contribution in [0.2, 0.25) is 5.02 Å². The third-order valence-corrected chi connectivity index (χ3v) is 6.09. The van der Waals surface area contributed by atoms with Crippen molar-refractivity contribution < 1.29 is 4.79 Å². The highest BCUT2D eigenvalue weighted by Gasteiger charge is 2.24. The van der Waals surface area contributed by atoms with Crippen molar-refractivity contribution in [3.63, 3.8) is 0 Å². The van der Waals surface area contributed by atoms with Crippen molar-refractivity contribution >= 4 is 39.8 Å². The number of nitrogens with two attached hydrogens (primary N) is 2. The van der Waals surface area contributed by atoms with E-state index < -0.39 is 0 Å². The SMILES string of the molecule is C=CC(=O)N1CCN(/C(=C/N)c2cc(Cl)c(-c3c(C)ccc4[nH]ncc34)cc2N)CC1. The van der Waals surface area contributed by atoms with Crippen LogP contribution in [0.15, 0.2) is 49.3 Å². The topological polar surface area (TPSA) is 104 Å². The van der Waals surface area contributed by atoms with E-state index in [0.29, 0.717) is 36.9 Å². The molecule has 0 unspecified atom stereocenters. The van der Waals surface area contributed by atoms with Gasteiger partial charge in [0.2, 0.25) is 5.91 Å². The normalized spacial score (nSPS) is 14.8. The minimum Gasteiger partial charge on any atom is -0.403 e. The molecule has 3 aromatic rings. The lowest BCUT2D eigenvalue weighted by Gasteiger charge is -2.37. The summed E-state index contributed by atoms with van der Waals surface area (Å²) in [7, 11) is 0. The molecule has 1 saturated heterocycles. The van der Waals surface area contributed by atoms with Crippen molar-refractivity contribution in [2.24, 2.45) is 5.73 Å². The molecule has 0 radical (unpaired) electrons. The number of benzene rings is 2. The van der Waals surface area contributed by atoms with E-state index >= 15 is 0 Å². The summed E-state index contributed by atoms with van der Waals surface area (Å²) < 4.78 is 0. The number of hydrogen-bond acceptors (Lipinski definition) is 5. The Balaban J connectivity index is 1.69. The van der Waals surface area contributed by atoms with E-state index in [2.05, 4.69) is 21.7 Å². The monoisotopic (exact) mass is 436 g/mol. The largest absolute Gasteiger partial charge is 0.403 e. The molecule has 1 amide bonds. The van der Waals surface area contributed by atoms with Crippen molar-refractivity contribution in [2.45, 2.75) is 6.92 Å². The van der Waals surface area contributed by atoms with Crippen molar-refractivity contribution in [3.05, 3.63) is 65.5 Å². The first-order valence-electron chi connectivity index (χ1n) is 10.0. The van der Waals surface area contributed by atoms with Gasteiger partial charge in [0.05, 0.1) is 17.4 Å². The number of fused-ring (bicyclic) bond motifs is 1. The van der Waals surface area contributed by atoms with Gasteiger partial charge in [-0.25, -0.2) is 0 Å². The van der Waals surface area contributed by atoms with Crippen molar-refractivity contribution in [1.82, 2.24) is 20.0 Å². The second kappa shape index (κ2) is 8.35. The molecule has 5 N–H and O–H groups in total. The summed E-state index contributed by atoms with van der Waals surface area (Å²) in [5, 5.41) is 8.73. The van der Waals surface area contributed by atoms with Crippen LogP contribution in [0.25, 0.3) is 27.7 Å². The van der Waals surface area contributed by atoms with Gasteiger partial charge >= 0.3 is 0 Å². The minimum absolute atomic E-state index is 0.0615. The molecule has 0 spiro atoms. The van der Waals surface area contributed by atoms with E-state index in [0.717, 1.165) is 38.9 Å². The zero-order valence-corrected chi connectivity index (χ0v) is 18.1. The Labute approximate surface area is 185 Å². The Morgan fingerprint density at radius 3 is 2.61 bits per heavy atom. The molecule has 2 aromatic carbocycles. The fourth-order valence-corrected chi connectivity index (χ4v) is 4.41. The summed E-state index contributed by atoms with van der Waals surface area (Å²) in [4.78, 5) is 15.8. The van der Waals surface area contributed by atoms with Gasteiger partial charge in [-0.05, 0) is 42.3 Å².